The molecule has 0 radical (unpaired) electrons. The van der Waals surface area contributed by atoms with Crippen molar-refractivity contribution in [3.63, 3.8) is 0 Å². The standard InChI is InChI=1S/C12H21N5O2S/c1-8(7-12(2,13)10(18)19)20-11-14-15-16-17(11)9-5-3-4-6-9/h8-9H,3-7,13H2,1-2H3,(H,18,19). The molecule has 20 heavy (non-hydrogen) atoms. The molecule has 7 nitrogen and oxygen atoms in total. The van der Waals surface area contributed by atoms with Gasteiger partial charge in [-0.15, -0.1) is 5.10 Å². The van der Waals surface area contributed by atoms with Gasteiger partial charge in [0.15, 0.2) is 0 Å². The van der Waals surface area contributed by atoms with Gasteiger partial charge in [0, 0.05) is 5.25 Å². The molecule has 2 rings (SSSR count). The summed E-state index contributed by atoms with van der Waals surface area (Å²) in [6.45, 7) is 3.48. The summed E-state index contributed by atoms with van der Waals surface area (Å²) in [5.41, 5.74) is 4.55. The number of nitrogens with zero attached hydrogens (tertiary/aromatic N) is 4. The number of carboxylic acid groups (broad SMARTS) is 1. The lowest BCUT2D eigenvalue weighted by Crippen LogP contribution is -2.46. The van der Waals surface area contributed by atoms with Crippen molar-refractivity contribution in [1.29, 1.82) is 0 Å². The third-order valence-corrected chi connectivity index (χ3v) is 4.69. The lowest BCUT2D eigenvalue weighted by atomic mass is 9.98. The Balaban J connectivity index is 1.99. The molecule has 8 heteroatoms. The molecule has 0 spiro atoms. The van der Waals surface area contributed by atoms with Crippen LogP contribution in [-0.2, 0) is 4.79 Å². The second-order valence-corrected chi connectivity index (χ2v) is 7.11. The monoisotopic (exact) mass is 299 g/mol. The minimum atomic E-state index is -1.22. The number of carboxylic acids is 1. The zero-order valence-corrected chi connectivity index (χ0v) is 12.6. The van der Waals surface area contributed by atoms with Crippen LogP contribution in [0.2, 0.25) is 0 Å². The van der Waals surface area contributed by atoms with Crippen LogP contribution in [-0.4, -0.2) is 42.1 Å². The van der Waals surface area contributed by atoms with Gasteiger partial charge in [-0.1, -0.05) is 31.5 Å². The first kappa shape index (κ1) is 15.2. The predicted octanol–water partition coefficient (Wildman–Crippen LogP) is 1.46. The van der Waals surface area contributed by atoms with Crippen molar-refractivity contribution < 1.29 is 9.90 Å². The maximum absolute atomic E-state index is 11.1. The molecule has 1 saturated carbocycles. The van der Waals surface area contributed by atoms with Crippen molar-refractivity contribution in [2.45, 2.75) is 67.9 Å². The second kappa shape index (κ2) is 6.09. The molecule has 1 fully saturated rings. The zero-order chi connectivity index (χ0) is 14.8. The highest BCUT2D eigenvalue weighted by Gasteiger charge is 2.31. The number of hydrogen-bond donors (Lipinski definition) is 2. The molecule has 3 N–H and O–H groups in total. The summed E-state index contributed by atoms with van der Waals surface area (Å²) in [4.78, 5) is 11.1. The predicted molar refractivity (Wildman–Crippen MR) is 75.5 cm³/mol. The highest BCUT2D eigenvalue weighted by Crippen LogP contribution is 2.33. The Labute approximate surface area is 122 Å². The SMILES string of the molecule is CC(CC(C)(N)C(=O)O)Sc1nnnn1C1CCCC1. The Hall–Kier alpha value is -1.15. The fourth-order valence-corrected chi connectivity index (χ4v) is 3.71. The van der Waals surface area contributed by atoms with E-state index < -0.39 is 11.5 Å². The summed E-state index contributed by atoms with van der Waals surface area (Å²) in [6.07, 6.45) is 5.01. The highest BCUT2D eigenvalue weighted by atomic mass is 32.2. The zero-order valence-electron chi connectivity index (χ0n) is 11.8. The summed E-state index contributed by atoms with van der Waals surface area (Å²) in [6, 6.07) is 0.378. The van der Waals surface area contributed by atoms with E-state index in [-0.39, 0.29) is 5.25 Å². The number of aromatic nitrogens is 4. The number of nitrogens with two attached hydrogens (primary N) is 1. The number of carbonyl (C=O) groups is 1. The van der Waals surface area contributed by atoms with Gasteiger partial charge in [-0.3, -0.25) is 4.79 Å². The van der Waals surface area contributed by atoms with E-state index in [9.17, 15) is 4.79 Å². The molecule has 1 aliphatic rings. The molecule has 0 aromatic carbocycles. The third-order valence-electron chi connectivity index (χ3n) is 3.64. The van der Waals surface area contributed by atoms with Gasteiger partial charge in [0.2, 0.25) is 5.16 Å². The van der Waals surface area contributed by atoms with E-state index in [1.165, 1.54) is 31.5 Å². The van der Waals surface area contributed by atoms with Gasteiger partial charge in [0.25, 0.3) is 0 Å². The van der Waals surface area contributed by atoms with Gasteiger partial charge in [-0.2, -0.15) is 0 Å². The lowest BCUT2D eigenvalue weighted by Gasteiger charge is -2.23. The van der Waals surface area contributed by atoms with E-state index in [1.807, 2.05) is 11.6 Å². The molecule has 0 amide bonds. The van der Waals surface area contributed by atoms with Crippen LogP contribution in [0.4, 0.5) is 0 Å². The summed E-state index contributed by atoms with van der Waals surface area (Å²) in [5, 5.41) is 21.7. The molecule has 1 aliphatic carbocycles. The molecular weight excluding hydrogens is 278 g/mol. The van der Waals surface area contributed by atoms with Gasteiger partial charge in [0.1, 0.15) is 5.54 Å². The molecule has 0 saturated heterocycles. The van der Waals surface area contributed by atoms with Crippen molar-refractivity contribution in [3.05, 3.63) is 0 Å². The minimum absolute atomic E-state index is 0.0345. The molecule has 1 aromatic heterocycles. The first-order valence-corrected chi connectivity index (χ1v) is 7.75. The van der Waals surface area contributed by atoms with E-state index in [2.05, 4.69) is 15.5 Å². The van der Waals surface area contributed by atoms with Crippen molar-refractivity contribution in [2.24, 2.45) is 5.73 Å². The topological polar surface area (TPSA) is 107 Å². The van der Waals surface area contributed by atoms with E-state index in [0.717, 1.165) is 18.0 Å². The molecule has 0 aliphatic heterocycles. The number of thioether (sulfide) groups is 1. The maximum Gasteiger partial charge on any atom is 0.323 e. The molecule has 0 bridgehead atoms. The van der Waals surface area contributed by atoms with Gasteiger partial charge >= 0.3 is 5.97 Å². The van der Waals surface area contributed by atoms with Gasteiger partial charge < -0.3 is 10.8 Å². The van der Waals surface area contributed by atoms with Gasteiger partial charge in [-0.05, 0) is 36.6 Å². The normalized spacial score (nSPS) is 20.8. The van der Waals surface area contributed by atoms with Crippen LogP contribution in [0, 0.1) is 0 Å². The Morgan fingerprint density at radius 3 is 2.85 bits per heavy atom. The smallest absolute Gasteiger partial charge is 0.323 e. The van der Waals surface area contributed by atoms with Gasteiger partial charge in [-0.25, -0.2) is 4.68 Å². The van der Waals surface area contributed by atoms with Crippen LogP contribution in [0.25, 0.3) is 0 Å². The summed E-state index contributed by atoms with van der Waals surface area (Å²) in [7, 11) is 0. The number of rotatable bonds is 6. The van der Waals surface area contributed by atoms with Crippen LogP contribution < -0.4 is 5.73 Å². The first-order chi connectivity index (χ1) is 9.40. The van der Waals surface area contributed by atoms with E-state index in [1.54, 1.807) is 0 Å². The Kier molecular flexibility index (Phi) is 4.64. The second-order valence-electron chi connectivity index (χ2n) is 5.70. The minimum Gasteiger partial charge on any atom is -0.480 e. The van der Waals surface area contributed by atoms with E-state index in [4.69, 9.17) is 10.8 Å². The number of hydrogen-bond acceptors (Lipinski definition) is 6. The largest absolute Gasteiger partial charge is 0.480 e. The van der Waals surface area contributed by atoms with Crippen LogP contribution in [0.5, 0.6) is 0 Å². The van der Waals surface area contributed by atoms with Crippen LogP contribution in [0.3, 0.4) is 0 Å². The fraction of sp³-hybridized carbons (Fsp3) is 0.833. The fourth-order valence-electron chi connectivity index (χ4n) is 2.55. The third kappa shape index (κ3) is 3.49. The van der Waals surface area contributed by atoms with E-state index in [0.29, 0.717) is 12.5 Å². The summed E-state index contributed by atoms with van der Waals surface area (Å²) >= 11 is 1.49. The average molecular weight is 299 g/mol. The Bertz CT molecular complexity index is 470. The quantitative estimate of drug-likeness (QED) is 0.766. The highest BCUT2D eigenvalue weighted by molar-refractivity contribution is 7.99. The molecule has 112 valence electrons. The lowest BCUT2D eigenvalue weighted by molar-refractivity contribution is -0.142. The van der Waals surface area contributed by atoms with Crippen LogP contribution >= 0.6 is 11.8 Å². The molecule has 1 aromatic rings. The van der Waals surface area contributed by atoms with Gasteiger partial charge in [0.05, 0.1) is 6.04 Å². The van der Waals surface area contributed by atoms with E-state index >= 15 is 0 Å². The summed E-state index contributed by atoms with van der Waals surface area (Å²) in [5.74, 6) is -0.986. The molecule has 2 unspecified atom stereocenters. The maximum atomic E-state index is 11.1. The van der Waals surface area contributed by atoms with Crippen molar-refractivity contribution in [3.8, 4) is 0 Å². The number of aliphatic carboxylic acids is 1. The van der Waals surface area contributed by atoms with Crippen molar-refractivity contribution in [2.75, 3.05) is 0 Å². The first-order valence-electron chi connectivity index (χ1n) is 6.87. The molecular formula is C12H21N5O2S. The summed E-state index contributed by atoms with van der Waals surface area (Å²) < 4.78 is 1.88. The average Bonchev–Trinajstić information content (AvgIpc) is 2.97. The molecule has 2 atom stereocenters. The van der Waals surface area contributed by atoms with Crippen LogP contribution in [0.1, 0.15) is 52.0 Å². The van der Waals surface area contributed by atoms with Crippen molar-refractivity contribution >= 4 is 17.7 Å². The van der Waals surface area contributed by atoms with Crippen LogP contribution in [0.15, 0.2) is 5.16 Å². The molecule has 1 heterocycles. The van der Waals surface area contributed by atoms with Crippen molar-refractivity contribution in [1.82, 2.24) is 20.2 Å². The Morgan fingerprint density at radius 1 is 1.60 bits per heavy atom. The number of tetrazole rings is 1. The Morgan fingerprint density at radius 2 is 2.25 bits per heavy atom.